The molecule has 1 aromatic carbocycles. The zero-order valence-corrected chi connectivity index (χ0v) is 8.97. The quantitative estimate of drug-likeness (QED) is 0.817. The highest BCUT2D eigenvalue weighted by atomic mass is 19.1. The molecule has 1 fully saturated rings. The van der Waals surface area contributed by atoms with Crippen molar-refractivity contribution >= 4 is 0 Å². The highest BCUT2D eigenvalue weighted by Gasteiger charge is 2.28. The van der Waals surface area contributed by atoms with E-state index in [0.717, 1.165) is 25.2 Å². The molecule has 1 atom stereocenters. The van der Waals surface area contributed by atoms with Crippen LogP contribution in [0.4, 0.5) is 8.78 Å². The summed E-state index contributed by atoms with van der Waals surface area (Å²) in [6.45, 7) is 1.49. The molecule has 3 nitrogen and oxygen atoms in total. The maximum atomic E-state index is 13.6. The molecule has 2 rings (SSSR count). The number of ether oxygens (including phenoxy) is 1. The van der Waals surface area contributed by atoms with Crippen molar-refractivity contribution in [3.8, 4) is 5.75 Å². The van der Waals surface area contributed by atoms with Crippen LogP contribution < -0.4 is 15.8 Å². The van der Waals surface area contributed by atoms with Gasteiger partial charge in [0.2, 0.25) is 0 Å². The van der Waals surface area contributed by atoms with Crippen LogP contribution in [0.15, 0.2) is 12.1 Å². The number of nitrogens with two attached hydrogens (primary N) is 1. The average Bonchev–Trinajstić information content (AvgIpc) is 2.18. The zero-order valence-electron chi connectivity index (χ0n) is 8.97. The molecule has 1 aliphatic rings. The molecule has 16 heavy (non-hydrogen) atoms. The number of halogens is 2. The van der Waals surface area contributed by atoms with E-state index in [-0.39, 0.29) is 17.2 Å². The van der Waals surface area contributed by atoms with E-state index in [0.29, 0.717) is 0 Å². The minimum atomic E-state index is -0.582. The predicted molar refractivity (Wildman–Crippen MR) is 56.2 cm³/mol. The Balaban J connectivity index is 2.29. The molecule has 0 bridgehead atoms. The molecule has 0 aliphatic carbocycles. The molecule has 0 saturated carbocycles. The normalized spacial score (nSPS) is 18.0. The molecule has 0 spiro atoms. The van der Waals surface area contributed by atoms with Gasteiger partial charge in [-0.25, -0.2) is 8.78 Å². The van der Waals surface area contributed by atoms with Gasteiger partial charge in [-0.3, -0.25) is 0 Å². The molecular weight excluding hydrogens is 214 g/mol. The third-order valence-electron chi connectivity index (χ3n) is 2.95. The number of methoxy groups -OCH3 is 1. The van der Waals surface area contributed by atoms with Crippen molar-refractivity contribution in [1.82, 2.24) is 5.32 Å². The lowest BCUT2D eigenvalue weighted by atomic mass is 9.89. The van der Waals surface area contributed by atoms with Gasteiger partial charge in [-0.15, -0.1) is 0 Å². The number of hydrogen-bond donors (Lipinski definition) is 2. The molecule has 0 amide bonds. The summed E-state index contributed by atoms with van der Waals surface area (Å²) in [7, 11) is 1.30. The summed E-state index contributed by atoms with van der Waals surface area (Å²) in [5.41, 5.74) is 6.09. The lowest BCUT2D eigenvalue weighted by Gasteiger charge is -2.32. The average molecular weight is 228 g/mol. The summed E-state index contributed by atoms with van der Waals surface area (Å²) >= 11 is 0. The zero-order chi connectivity index (χ0) is 11.7. The lowest BCUT2D eigenvalue weighted by Crippen LogP contribution is -2.47. The molecule has 1 saturated heterocycles. The topological polar surface area (TPSA) is 47.3 Å². The van der Waals surface area contributed by atoms with Gasteiger partial charge in [0.15, 0.2) is 11.6 Å². The Labute approximate surface area is 92.6 Å². The molecule has 5 heteroatoms. The van der Waals surface area contributed by atoms with Gasteiger partial charge in [0, 0.05) is 36.7 Å². The summed E-state index contributed by atoms with van der Waals surface area (Å²) in [5.74, 6) is -1.03. The van der Waals surface area contributed by atoms with Crippen LogP contribution in [0.25, 0.3) is 0 Å². The van der Waals surface area contributed by atoms with E-state index in [4.69, 9.17) is 10.5 Å². The van der Waals surface area contributed by atoms with Crippen molar-refractivity contribution in [2.75, 3.05) is 20.2 Å². The molecule has 1 heterocycles. The summed E-state index contributed by atoms with van der Waals surface area (Å²) in [5, 5.41) is 3.05. The molecule has 3 N–H and O–H groups in total. The fourth-order valence-electron chi connectivity index (χ4n) is 1.77. The number of rotatable bonds is 3. The molecule has 1 aliphatic heterocycles. The molecule has 1 aromatic rings. The predicted octanol–water partition coefficient (Wildman–Crippen LogP) is 1.19. The number of benzene rings is 1. The van der Waals surface area contributed by atoms with Crippen molar-refractivity contribution in [3.05, 3.63) is 29.3 Å². The Morgan fingerprint density at radius 3 is 2.56 bits per heavy atom. The van der Waals surface area contributed by atoms with E-state index in [2.05, 4.69) is 5.32 Å². The van der Waals surface area contributed by atoms with E-state index in [1.54, 1.807) is 0 Å². The van der Waals surface area contributed by atoms with Gasteiger partial charge >= 0.3 is 0 Å². The van der Waals surface area contributed by atoms with Crippen molar-refractivity contribution in [2.24, 2.45) is 11.7 Å². The molecule has 1 unspecified atom stereocenters. The minimum absolute atomic E-state index is 0.0971. The van der Waals surface area contributed by atoms with E-state index in [1.807, 2.05) is 0 Å². The summed E-state index contributed by atoms with van der Waals surface area (Å²) < 4.78 is 31.7. The SMILES string of the molecule is COc1cc(F)c(C(N)C2CNC2)cc1F. The second kappa shape index (κ2) is 4.35. The van der Waals surface area contributed by atoms with Crippen molar-refractivity contribution in [1.29, 1.82) is 0 Å². The lowest BCUT2D eigenvalue weighted by molar-refractivity contribution is 0.289. The van der Waals surface area contributed by atoms with Gasteiger partial charge in [0.05, 0.1) is 7.11 Å². The third-order valence-corrected chi connectivity index (χ3v) is 2.95. The monoisotopic (exact) mass is 228 g/mol. The van der Waals surface area contributed by atoms with Crippen LogP contribution in [0, 0.1) is 17.6 Å². The van der Waals surface area contributed by atoms with E-state index >= 15 is 0 Å². The van der Waals surface area contributed by atoms with Gasteiger partial charge in [-0.2, -0.15) is 0 Å². The van der Waals surface area contributed by atoms with Crippen molar-refractivity contribution in [3.63, 3.8) is 0 Å². The second-order valence-corrected chi connectivity index (χ2v) is 3.95. The van der Waals surface area contributed by atoms with Gasteiger partial charge in [-0.05, 0) is 6.07 Å². The maximum absolute atomic E-state index is 13.6. The Kier molecular flexibility index (Phi) is 3.07. The van der Waals surface area contributed by atoms with Crippen LogP contribution in [0.5, 0.6) is 5.75 Å². The van der Waals surface area contributed by atoms with E-state index in [1.165, 1.54) is 7.11 Å². The van der Waals surface area contributed by atoms with Crippen LogP contribution in [0.1, 0.15) is 11.6 Å². The first-order chi connectivity index (χ1) is 7.63. The second-order valence-electron chi connectivity index (χ2n) is 3.95. The first kappa shape index (κ1) is 11.3. The molecular formula is C11H14F2N2O. The molecule has 0 aromatic heterocycles. The highest BCUT2D eigenvalue weighted by molar-refractivity contribution is 5.33. The standard InChI is InChI=1S/C11H14F2N2O/c1-16-10-3-8(12)7(2-9(10)13)11(14)6-4-15-5-6/h2-3,6,11,15H,4-5,14H2,1H3. The summed E-state index contributed by atoms with van der Waals surface area (Å²) in [4.78, 5) is 0. The first-order valence-electron chi connectivity index (χ1n) is 5.12. The molecule has 0 radical (unpaired) electrons. The summed E-state index contributed by atoms with van der Waals surface area (Å²) in [6, 6.07) is 1.69. The maximum Gasteiger partial charge on any atom is 0.165 e. The van der Waals surface area contributed by atoms with Crippen LogP contribution in [-0.2, 0) is 0 Å². The number of hydrogen-bond acceptors (Lipinski definition) is 3. The van der Waals surface area contributed by atoms with E-state index in [9.17, 15) is 8.78 Å². The Morgan fingerprint density at radius 2 is 2.06 bits per heavy atom. The highest BCUT2D eigenvalue weighted by Crippen LogP contribution is 2.29. The van der Waals surface area contributed by atoms with Crippen LogP contribution >= 0.6 is 0 Å². The fourth-order valence-corrected chi connectivity index (χ4v) is 1.77. The minimum Gasteiger partial charge on any atom is -0.494 e. The largest absolute Gasteiger partial charge is 0.494 e. The van der Waals surface area contributed by atoms with Gasteiger partial charge in [0.25, 0.3) is 0 Å². The van der Waals surface area contributed by atoms with Crippen molar-refractivity contribution in [2.45, 2.75) is 6.04 Å². The fraction of sp³-hybridized carbons (Fsp3) is 0.455. The Morgan fingerprint density at radius 1 is 1.38 bits per heavy atom. The van der Waals surface area contributed by atoms with Crippen LogP contribution in [0.3, 0.4) is 0 Å². The third kappa shape index (κ3) is 1.88. The first-order valence-corrected chi connectivity index (χ1v) is 5.12. The van der Waals surface area contributed by atoms with Gasteiger partial charge < -0.3 is 15.8 Å². The van der Waals surface area contributed by atoms with Crippen LogP contribution in [0.2, 0.25) is 0 Å². The van der Waals surface area contributed by atoms with Gasteiger partial charge in [-0.1, -0.05) is 0 Å². The van der Waals surface area contributed by atoms with Crippen molar-refractivity contribution < 1.29 is 13.5 Å². The van der Waals surface area contributed by atoms with E-state index < -0.39 is 17.7 Å². The Hall–Kier alpha value is -1.20. The smallest absolute Gasteiger partial charge is 0.165 e. The number of nitrogens with one attached hydrogen (secondary N) is 1. The molecule has 88 valence electrons. The van der Waals surface area contributed by atoms with Gasteiger partial charge in [0.1, 0.15) is 5.82 Å². The Bertz CT molecular complexity index is 394. The van der Waals surface area contributed by atoms with Crippen LogP contribution in [-0.4, -0.2) is 20.2 Å². The summed E-state index contributed by atoms with van der Waals surface area (Å²) in [6.07, 6.45) is 0.